The topological polar surface area (TPSA) is 79.1 Å². The zero-order valence-corrected chi connectivity index (χ0v) is 12.7. The van der Waals surface area contributed by atoms with Crippen LogP contribution in [0.3, 0.4) is 0 Å². The van der Waals surface area contributed by atoms with E-state index >= 15 is 0 Å². The number of rotatable bonds is 7. The number of carbonyl (C=O) groups is 1. The number of aliphatic hydroxyl groups excluding tert-OH is 2. The Hall–Kier alpha value is -2.42. The average molecular weight is 349 g/mol. The van der Waals surface area contributed by atoms with Gasteiger partial charge in [0.2, 0.25) is 0 Å². The van der Waals surface area contributed by atoms with Crippen LogP contribution in [0.5, 0.6) is 0 Å². The summed E-state index contributed by atoms with van der Waals surface area (Å²) in [5.74, 6) is -10.0. The van der Waals surface area contributed by atoms with Gasteiger partial charge in [-0.3, -0.25) is 4.99 Å². The molecule has 0 aliphatic heterocycles. The van der Waals surface area contributed by atoms with Crippen molar-refractivity contribution in [1.29, 1.82) is 0 Å². The Balaban J connectivity index is 3.41. The van der Waals surface area contributed by atoms with Gasteiger partial charge in [-0.25, -0.2) is 22.4 Å². The minimum absolute atomic E-state index is 0.0707. The number of hydrogen-bond donors (Lipinski definition) is 2. The van der Waals surface area contributed by atoms with Crippen molar-refractivity contribution < 1.29 is 37.3 Å². The highest BCUT2D eigenvalue weighted by Crippen LogP contribution is 2.25. The molecule has 24 heavy (non-hydrogen) atoms. The second-order valence-electron chi connectivity index (χ2n) is 4.44. The second kappa shape index (κ2) is 9.02. The monoisotopic (exact) mass is 349 g/mol. The number of aliphatic hydroxyl groups is 2. The summed E-state index contributed by atoms with van der Waals surface area (Å²) < 4.78 is 57.9. The summed E-state index contributed by atoms with van der Waals surface area (Å²) in [5.41, 5.74) is -1.72. The Bertz CT molecular complexity index is 674. The van der Waals surface area contributed by atoms with Crippen LogP contribution in [0.2, 0.25) is 0 Å². The van der Waals surface area contributed by atoms with Crippen molar-refractivity contribution >= 4 is 17.9 Å². The van der Waals surface area contributed by atoms with Crippen LogP contribution in [0.15, 0.2) is 16.6 Å². The summed E-state index contributed by atoms with van der Waals surface area (Å²) in [5, 5.41) is 18.6. The second-order valence-corrected chi connectivity index (χ2v) is 4.44. The highest BCUT2D eigenvalue weighted by molar-refractivity contribution is 6.15. The summed E-state index contributed by atoms with van der Waals surface area (Å²) in [6, 6.07) is 0.212. The standard InChI is InChI=1S/C15H15F4NO4/c1-2-24-15(23)9(7-20-4-3-5-21)14(22)8-6-10(16)12(18)13(19)11(8)17/h6-7,21-22H,2-5H2,1H3. The van der Waals surface area contributed by atoms with Crippen molar-refractivity contribution in [2.75, 3.05) is 19.8 Å². The van der Waals surface area contributed by atoms with E-state index in [2.05, 4.69) is 9.73 Å². The molecule has 9 heteroatoms. The number of benzene rings is 1. The molecule has 1 aromatic rings. The van der Waals surface area contributed by atoms with Gasteiger partial charge in [0.05, 0.1) is 12.2 Å². The predicted octanol–water partition coefficient (Wildman–Crippen LogP) is 2.53. The minimum Gasteiger partial charge on any atom is -0.506 e. The van der Waals surface area contributed by atoms with Crippen LogP contribution in [0.1, 0.15) is 18.9 Å². The SMILES string of the molecule is CCOC(=O)C(C=NCCCO)=C(O)c1cc(F)c(F)c(F)c1F. The molecule has 0 amide bonds. The molecule has 0 saturated carbocycles. The van der Waals surface area contributed by atoms with Gasteiger partial charge in [0.25, 0.3) is 0 Å². The van der Waals surface area contributed by atoms with Crippen molar-refractivity contribution in [3.8, 4) is 0 Å². The predicted molar refractivity (Wildman–Crippen MR) is 77.5 cm³/mol. The lowest BCUT2D eigenvalue weighted by Gasteiger charge is -2.09. The van der Waals surface area contributed by atoms with Crippen LogP contribution in [0.25, 0.3) is 5.76 Å². The number of aliphatic imine (C=N–C) groups is 1. The maximum absolute atomic E-state index is 13.7. The fourth-order valence-electron chi connectivity index (χ4n) is 1.63. The molecule has 1 aromatic carbocycles. The van der Waals surface area contributed by atoms with E-state index in [1.54, 1.807) is 0 Å². The van der Waals surface area contributed by atoms with Crippen LogP contribution in [-0.2, 0) is 9.53 Å². The third kappa shape index (κ3) is 4.54. The number of carbonyl (C=O) groups excluding carboxylic acids is 1. The summed E-state index contributed by atoms with van der Waals surface area (Å²) >= 11 is 0. The van der Waals surface area contributed by atoms with Gasteiger partial charge in [-0.1, -0.05) is 0 Å². The third-order valence-electron chi connectivity index (χ3n) is 2.77. The summed E-state index contributed by atoms with van der Waals surface area (Å²) in [6.07, 6.45) is 1.07. The van der Waals surface area contributed by atoms with Gasteiger partial charge in [0, 0.05) is 19.4 Å². The molecule has 0 fully saturated rings. The van der Waals surface area contributed by atoms with E-state index in [-0.39, 0.29) is 32.2 Å². The molecule has 2 N–H and O–H groups in total. The van der Waals surface area contributed by atoms with Crippen molar-refractivity contribution in [2.45, 2.75) is 13.3 Å². The zero-order valence-electron chi connectivity index (χ0n) is 12.7. The van der Waals surface area contributed by atoms with Gasteiger partial charge in [0.1, 0.15) is 11.3 Å². The first kappa shape index (κ1) is 19.6. The summed E-state index contributed by atoms with van der Waals surface area (Å²) in [4.78, 5) is 15.5. The van der Waals surface area contributed by atoms with Gasteiger partial charge in [-0.05, 0) is 19.4 Å². The van der Waals surface area contributed by atoms with Gasteiger partial charge < -0.3 is 14.9 Å². The lowest BCUT2D eigenvalue weighted by molar-refractivity contribution is -0.137. The van der Waals surface area contributed by atoms with Gasteiger partial charge >= 0.3 is 5.97 Å². The third-order valence-corrected chi connectivity index (χ3v) is 2.77. The molecule has 0 aromatic heterocycles. The smallest absolute Gasteiger partial charge is 0.343 e. The van der Waals surface area contributed by atoms with Gasteiger partial charge in [-0.15, -0.1) is 0 Å². The van der Waals surface area contributed by atoms with Crippen LogP contribution in [0.4, 0.5) is 17.6 Å². The molecule has 132 valence electrons. The van der Waals surface area contributed by atoms with Crippen LogP contribution in [-0.4, -0.2) is 42.2 Å². The highest BCUT2D eigenvalue weighted by atomic mass is 19.2. The molecular formula is C15H15F4NO4. The number of halogens is 4. The van der Waals surface area contributed by atoms with E-state index in [0.717, 1.165) is 6.21 Å². The molecule has 0 bridgehead atoms. The number of ether oxygens (including phenoxy) is 1. The molecule has 0 radical (unpaired) electrons. The van der Waals surface area contributed by atoms with Crippen molar-refractivity contribution in [2.24, 2.45) is 4.99 Å². The number of hydrogen-bond acceptors (Lipinski definition) is 5. The summed E-state index contributed by atoms with van der Waals surface area (Å²) in [6.45, 7) is 1.27. The molecule has 0 atom stereocenters. The molecule has 0 unspecified atom stereocenters. The molecule has 0 aliphatic rings. The van der Waals surface area contributed by atoms with Crippen LogP contribution < -0.4 is 0 Å². The molecule has 0 saturated heterocycles. The van der Waals surface area contributed by atoms with Crippen LogP contribution >= 0.6 is 0 Å². The number of nitrogens with zero attached hydrogens (tertiary/aromatic N) is 1. The fraction of sp³-hybridized carbons (Fsp3) is 0.333. The largest absolute Gasteiger partial charge is 0.506 e. The Morgan fingerprint density at radius 2 is 1.92 bits per heavy atom. The van der Waals surface area contributed by atoms with Crippen LogP contribution in [0, 0.1) is 23.3 Å². The molecule has 0 aliphatic carbocycles. The van der Waals surface area contributed by atoms with E-state index in [4.69, 9.17) is 5.11 Å². The van der Waals surface area contributed by atoms with Gasteiger partial charge in [-0.2, -0.15) is 0 Å². The first-order chi connectivity index (χ1) is 11.3. The molecular weight excluding hydrogens is 334 g/mol. The molecule has 5 nitrogen and oxygen atoms in total. The maximum Gasteiger partial charge on any atom is 0.343 e. The first-order valence-corrected chi connectivity index (χ1v) is 6.89. The van der Waals surface area contributed by atoms with Crippen molar-refractivity contribution in [3.05, 3.63) is 40.5 Å². The van der Waals surface area contributed by atoms with E-state index in [1.807, 2.05) is 0 Å². The zero-order chi connectivity index (χ0) is 18.3. The average Bonchev–Trinajstić information content (AvgIpc) is 2.56. The highest BCUT2D eigenvalue weighted by Gasteiger charge is 2.24. The molecule has 0 spiro atoms. The normalized spacial score (nSPS) is 12.4. The van der Waals surface area contributed by atoms with Crippen molar-refractivity contribution in [3.63, 3.8) is 0 Å². The van der Waals surface area contributed by atoms with Gasteiger partial charge in [0.15, 0.2) is 23.3 Å². The fourth-order valence-corrected chi connectivity index (χ4v) is 1.63. The summed E-state index contributed by atoms with van der Waals surface area (Å²) in [7, 11) is 0. The Kier molecular flexibility index (Phi) is 7.37. The Morgan fingerprint density at radius 1 is 1.25 bits per heavy atom. The molecule has 0 heterocycles. The maximum atomic E-state index is 13.7. The van der Waals surface area contributed by atoms with E-state index in [9.17, 15) is 27.5 Å². The van der Waals surface area contributed by atoms with E-state index in [1.165, 1.54) is 6.92 Å². The Morgan fingerprint density at radius 3 is 2.50 bits per heavy atom. The number of esters is 1. The Labute approximate surface area is 134 Å². The first-order valence-electron chi connectivity index (χ1n) is 6.89. The lowest BCUT2D eigenvalue weighted by atomic mass is 10.1. The van der Waals surface area contributed by atoms with E-state index < -0.39 is 46.1 Å². The van der Waals surface area contributed by atoms with Crippen molar-refractivity contribution in [1.82, 2.24) is 0 Å². The quantitative estimate of drug-likeness (QED) is 0.116. The molecule has 1 rings (SSSR count). The lowest BCUT2D eigenvalue weighted by Crippen LogP contribution is -2.13. The van der Waals surface area contributed by atoms with E-state index in [0.29, 0.717) is 0 Å². The minimum atomic E-state index is -2.13.